The fourth-order valence-electron chi connectivity index (χ4n) is 2.86. The Morgan fingerprint density at radius 3 is 1.69 bits per heavy atom. The molecule has 7 heteroatoms. The van der Waals surface area contributed by atoms with Gasteiger partial charge in [0.2, 0.25) is 0 Å². The summed E-state index contributed by atoms with van der Waals surface area (Å²) in [6.45, 7) is 2.55. The Labute approximate surface area is 185 Å². The molecule has 0 radical (unpaired) electrons. The Hall–Kier alpha value is 0.540. The van der Waals surface area contributed by atoms with Crippen LogP contribution in [-0.4, -0.2) is 37.6 Å². The molecule has 26 heavy (non-hydrogen) atoms. The zero-order chi connectivity index (χ0) is 18.8. The van der Waals surface area contributed by atoms with Crippen LogP contribution in [0, 0.1) is 0 Å². The van der Waals surface area contributed by atoms with E-state index in [2.05, 4.69) is 12.2 Å². The van der Waals surface area contributed by atoms with Crippen LogP contribution >= 0.6 is 0 Å². The summed E-state index contributed by atoms with van der Waals surface area (Å²) in [5.74, 6) is -0.239. The smallest absolute Gasteiger partial charge is 1.00 e. The first-order valence-electron chi connectivity index (χ1n) is 10.1. The van der Waals surface area contributed by atoms with Crippen molar-refractivity contribution in [3.63, 3.8) is 0 Å². The van der Waals surface area contributed by atoms with E-state index in [0.29, 0.717) is 6.42 Å². The first-order valence-corrected chi connectivity index (χ1v) is 11.7. The van der Waals surface area contributed by atoms with Crippen LogP contribution < -0.4 is 34.9 Å². The summed E-state index contributed by atoms with van der Waals surface area (Å²) in [5, 5.41) is 2.75. The van der Waals surface area contributed by atoms with Crippen molar-refractivity contribution in [1.29, 1.82) is 0 Å². The summed E-state index contributed by atoms with van der Waals surface area (Å²) in [7, 11) is -3.94. The van der Waals surface area contributed by atoms with E-state index in [9.17, 15) is 13.2 Å². The molecule has 0 unspecified atom stereocenters. The van der Waals surface area contributed by atoms with Gasteiger partial charge in [-0.3, -0.25) is 9.35 Å². The van der Waals surface area contributed by atoms with Gasteiger partial charge in [0.05, 0.1) is 12.3 Å². The summed E-state index contributed by atoms with van der Waals surface area (Å²) in [4.78, 5) is 11.6. The van der Waals surface area contributed by atoms with Crippen LogP contribution in [0.1, 0.15) is 98.2 Å². The van der Waals surface area contributed by atoms with E-state index >= 15 is 0 Å². The summed E-state index contributed by atoms with van der Waals surface area (Å²) >= 11 is 0. The first kappa shape index (κ1) is 28.7. The van der Waals surface area contributed by atoms with E-state index in [-0.39, 0.29) is 55.6 Å². The first-order chi connectivity index (χ1) is 12.0. The van der Waals surface area contributed by atoms with Crippen LogP contribution in [0.2, 0.25) is 0 Å². The minimum Gasteiger partial charge on any atom is -1.00 e. The van der Waals surface area contributed by atoms with Crippen molar-refractivity contribution in [2.45, 2.75) is 96.8 Å². The third-order valence-electron chi connectivity index (χ3n) is 4.42. The second-order valence-corrected chi connectivity index (χ2v) is 8.57. The zero-order valence-corrected chi connectivity index (χ0v) is 19.9. The summed E-state index contributed by atoms with van der Waals surface area (Å²) < 4.78 is 29.6. The number of unbranched alkanes of at least 4 members (excludes halogenated alkanes) is 12. The molecule has 0 aromatic carbocycles. The largest absolute Gasteiger partial charge is 1.00 e. The Balaban J connectivity index is -0.00000288. The van der Waals surface area contributed by atoms with Gasteiger partial charge >= 0.3 is 29.6 Å². The number of rotatable bonds is 19. The van der Waals surface area contributed by atoms with Crippen molar-refractivity contribution in [1.82, 2.24) is 5.32 Å². The van der Waals surface area contributed by atoms with Gasteiger partial charge in [0, 0.05) is 13.0 Å². The van der Waals surface area contributed by atoms with Crippen LogP contribution in [0.15, 0.2) is 0 Å². The fourth-order valence-corrected chi connectivity index (χ4v) is 3.26. The number of hydrogen-bond donors (Lipinski definition) is 2. The molecule has 2 N–H and O–H groups in total. The summed E-state index contributed by atoms with van der Waals surface area (Å²) in [6, 6.07) is 0. The van der Waals surface area contributed by atoms with Gasteiger partial charge < -0.3 is 6.74 Å². The van der Waals surface area contributed by atoms with E-state index in [1.54, 1.807) is 0 Å². The number of ketones is 1. The molecule has 0 saturated heterocycles. The molecule has 0 aromatic heterocycles. The molecular formula is C19H40NNaO4S. The second kappa shape index (κ2) is 20.3. The number of carbonyl (C=O) groups is 1. The predicted octanol–water partition coefficient (Wildman–Crippen LogP) is 1.63. The van der Waals surface area contributed by atoms with Crippen molar-refractivity contribution in [3.05, 3.63) is 0 Å². The molecule has 0 rings (SSSR count). The van der Waals surface area contributed by atoms with E-state index < -0.39 is 10.1 Å². The summed E-state index contributed by atoms with van der Waals surface area (Å²) in [5.41, 5.74) is 0. The molecule has 0 aliphatic carbocycles. The Bertz CT molecular complexity index is 422. The van der Waals surface area contributed by atoms with Gasteiger partial charge in [-0.2, -0.15) is 8.42 Å². The average molecular weight is 402 g/mol. The normalized spacial score (nSPS) is 11.3. The monoisotopic (exact) mass is 401 g/mol. The molecular weight excluding hydrogens is 361 g/mol. The van der Waals surface area contributed by atoms with E-state index in [1.807, 2.05) is 0 Å². The van der Waals surface area contributed by atoms with Crippen LogP contribution in [0.5, 0.6) is 0 Å². The number of hydrogen-bond acceptors (Lipinski definition) is 4. The molecule has 5 nitrogen and oxygen atoms in total. The van der Waals surface area contributed by atoms with Crippen molar-refractivity contribution in [2.75, 3.05) is 18.8 Å². The maximum atomic E-state index is 11.6. The Morgan fingerprint density at radius 2 is 1.27 bits per heavy atom. The van der Waals surface area contributed by atoms with Crippen molar-refractivity contribution >= 4 is 15.9 Å². The van der Waals surface area contributed by atoms with Crippen LogP contribution in [-0.2, 0) is 14.9 Å². The molecule has 0 aromatic rings. The van der Waals surface area contributed by atoms with Crippen LogP contribution in [0.25, 0.3) is 0 Å². The zero-order valence-electron chi connectivity index (χ0n) is 18.1. The van der Waals surface area contributed by atoms with Gasteiger partial charge in [-0.1, -0.05) is 84.0 Å². The molecule has 0 fully saturated rings. The molecule has 0 aliphatic rings. The Kier molecular flexibility index (Phi) is 22.4. The maximum absolute atomic E-state index is 11.6. The molecule has 0 amide bonds. The van der Waals surface area contributed by atoms with Gasteiger partial charge in [-0.05, 0) is 6.42 Å². The SMILES string of the molecule is CCCCCCCCCCCCCCCC(=O)CNCCS(=O)(=O)O.[H-].[Na+]. The molecule has 0 atom stereocenters. The molecule has 0 bridgehead atoms. The molecule has 0 saturated carbocycles. The fraction of sp³-hybridized carbons (Fsp3) is 0.947. The second-order valence-electron chi connectivity index (χ2n) is 6.99. The van der Waals surface area contributed by atoms with Gasteiger partial charge in [-0.15, -0.1) is 0 Å². The van der Waals surface area contributed by atoms with Gasteiger partial charge in [0.15, 0.2) is 0 Å². The van der Waals surface area contributed by atoms with Gasteiger partial charge in [-0.25, -0.2) is 0 Å². The number of Topliss-reactive ketones (excluding diaryl/α,β-unsaturated/α-hetero) is 1. The van der Waals surface area contributed by atoms with E-state index in [1.165, 1.54) is 70.6 Å². The van der Waals surface area contributed by atoms with Gasteiger partial charge in [0.25, 0.3) is 10.1 Å². The Morgan fingerprint density at radius 1 is 0.846 bits per heavy atom. The summed E-state index contributed by atoms with van der Waals surface area (Å²) in [6.07, 6.45) is 17.3. The van der Waals surface area contributed by atoms with E-state index in [4.69, 9.17) is 4.55 Å². The standard InChI is InChI=1S/C19H39NO4S.Na.H/c1-2-3-4-5-6-7-8-9-10-11-12-13-14-15-19(21)18-20-16-17-25(22,23)24;;/h20H,2-18H2,1H3,(H,22,23,24);;/q;+1;-1. The third-order valence-corrected chi connectivity index (χ3v) is 5.14. The number of nitrogens with one attached hydrogen (secondary N) is 1. The van der Waals surface area contributed by atoms with E-state index in [0.717, 1.165) is 12.8 Å². The minimum atomic E-state index is -3.94. The van der Waals surface area contributed by atoms with Crippen molar-refractivity contribution in [3.8, 4) is 0 Å². The third kappa shape index (κ3) is 24.5. The van der Waals surface area contributed by atoms with Crippen LogP contribution in [0.3, 0.4) is 0 Å². The topological polar surface area (TPSA) is 83.5 Å². The predicted molar refractivity (Wildman–Crippen MR) is 106 cm³/mol. The molecule has 152 valence electrons. The maximum Gasteiger partial charge on any atom is 1.00 e. The minimum absolute atomic E-state index is 0. The van der Waals surface area contributed by atoms with Crippen molar-refractivity contribution in [2.24, 2.45) is 0 Å². The molecule has 0 spiro atoms. The average Bonchev–Trinajstić information content (AvgIpc) is 2.55. The van der Waals surface area contributed by atoms with Crippen LogP contribution in [0.4, 0.5) is 0 Å². The molecule has 0 heterocycles. The number of carbonyl (C=O) groups excluding carboxylic acids is 1. The van der Waals surface area contributed by atoms with Crippen molar-refractivity contribution < 1.29 is 48.7 Å². The molecule has 0 aliphatic heterocycles. The van der Waals surface area contributed by atoms with Gasteiger partial charge in [0.1, 0.15) is 5.78 Å². The quantitative estimate of drug-likeness (QED) is 0.195.